The van der Waals surface area contributed by atoms with Crippen molar-refractivity contribution in [2.75, 3.05) is 0 Å². The fraction of sp³-hybridized carbons (Fsp3) is 0.0526. The molecule has 0 fully saturated rings. The van der Waals surface area contributed by atoms with Crippen LogP contribution >= 0.6 is 27.3 Å². The molecule has 6 nitrogen and oxygen atoms in total. The normalized spacial score (nSPS) is 11.9. The van der Waals surface area contributed by atoms with Crippen LogP contribution in [-0.2, 0) is 4.79 Å². The van der Waals surface area contributed by atoms with Crippen molar-refractivity contribution < 1.29 is 9.53 Å². The van der Waals surface area contributed by atoms with Crippen molar-refractivity contribution in [3.05, 3.63) is 73.5 Å². The maximum Gasteiger partial charge on any atom is 0.308 e. The van der Waals surface area contributed by atoms with Gasteiger partial charge in [0.15, 0.2) is 5.82 Å². The lowest BCUT2D eigenvalue weighted by Crippen LogP contribution is -2.23. The number of nitrogens with zero attached hydrogens (tertiary/aromatic N) is 3. The number of carbonyl (C=O) groups is 1. The van der Waals surface area contributed by atoms with Crippen LogP contribution in [0.5, 0.6) is 5.75 Å². The van der Waals surface area contributed by atoms with Crippen molar-refractivity contribution in [2.24, 2.45) is 0 Å². The molecule has 0 amide bonds. The molecule has 134 valence electrons. The first-order valence-corrected chi connectivity index (χ1v) is 9.56. The van der Waals surface area contributed by atoms with Gasteiger partial charge in [-0.2, -0.15) is 9.50 Å². The van der Waals surface area contributed by atoms with Crippen molar-refractivity contribution in [2.45, 2.75) is 6.92 Å². The van der Waals surface area contributed by atoms with Crippen molar-refractivity contribution in [3.8, 4) is 17.1 Å². The van der Waals surface area contributed by atoms with E-state index in [1.165, 1.54) is 22.8 Å². The molecule has 2 aromatic heterocycles. The zero-order valence-corrected chi connectivity index (χ0v) is 16.5. The summed E-state index contributed by atoms with van der Waals surface area (Å²) >= 11 is 4.65. The molecule has 2 aromatic carbocycles. The fourth-order valence-electron chi connectivity index (χ4n) is 2.54. The van der Waals surface area contributed by atoms with Crippen LogP contribution in [0.1, 0.15) is 12.5 Å². The predicted octanol–water partition coefficient (Wildman–Crippen LogP) is 3.05. The number of fused-ring (bicyclic) bond motifs is 1. The van der Waals surface area contributed by atoms with Crippen LogP contribution in [0.3, 0.4) is 0 Å². The van der Waals surface area contributed by atoms with E-state index in [0.29, 0.717) is 21.1 Å². The van der Waals surface area contributed by atoms with Gasteiger partial charge < -0.3 is 4.74 Å². The Kier molecular flexibility index (Phi) is 4.59. The molecule has 0 atom stereocenters. The number of aromatic nitrogens is 3. The van der Waals surface area contributed by atoms with E-state index < -0.39 is 5.97 Å². The Bertz CT molecular complexity index is 1260. The number of hydrogen-bond donors (Lipinski definition) is 0. The molecule has 4 aromatic rings. The zero-order chi connectivity index (χ0) is 19.0. The summed E-state index contributed by atoms with van der Waals surface area (Å²) in [5, 5.41) is 4.33. The molecule has 0 saturated carbocycles. The van der Waals surface area contributed by atoms with E-state index in [1.54, 1.807) is 24.3 Å². The number of hydrogen-bond acceptors (Lipinski definition) is 6. The lowest BCUT2D eigenvalue weighted by molar-refractivity contribution is -0.131. The highest BCUT2D eigenvalue weighted by molar-refractivity contribution is 9.10. The average Bonchev–Trinajstić information content (AvgIpc) is 3.16. The minimum Gasteiger partial charge on any atom is -0.427 e. The molecule has 0 saturated heterocycles. The fourth-order valence-corrected chi connectivity index (χ4v) is 3.71. The number of carbonyl (C=O) groups excluding carboxylic acids is 1. The maximum atomic E-state index is 12.6. The van der Waals surface area contributed by atoms with Gasteiger partial charge in [-0.15, -0.1) is 5.10 Å². The topological polar surface area (TPSA) is 73.6 Å². The molecular formula is C19H12BrN3O3S. The smallest absolute Gasteiger partial charge is 0.308 e. The van der Waals surface area contributed by atoms with Gasteiger partial charge in [0.2, 0.25) is 4.96 Å². The van der Waals surface area contributed by atoms with Gasteiger partial charge in [-0.05, 0) is 35.9 Å². The summed E-state index contributed by atoms with van der Waals surface area (Å²) in [6, 6.07) is 14.6. The quantitative estimate of drug-likeness (QED) is 0.360. The van der Waals surface area contributed by atoms with Crippen LogP contribution in [0.15, 0.2) is 57.8 Å². The highest BCUT2D eigenvalue weighted by Crippen LogP contribution is 2.19. The van der Waals surface area contributed by atoms with E-state index in [4.69, 9.17) is 4.74 Å². The second kappa shape index (κ2) is 7.05. The number of halogens is 1. The second-order valence-electron chi connectivity index (χ2n) is 5.72. The largest absolute Gasteiger partial charge is 0.427 e. The summed E-state index contributed by atoms with van der Waals surface area (Å²) < 4.78 is 7.85. The Labute approximate surface area is 165 Å². The number of ether oxygens (including phenoxy) is 1. The van der Waals surface area contributed by atoms with E-state index in [2.05, 4.69) is 26.0 Å². The van der Waals surface area contributed by atoms with E-state index in [0.717, 1.165) is 15.6 Å². The third kappa shape index (κ3) is 3.67. The molecule has 0 unspecified atom stereocenters. The van der Waals surface area contributed by atoms with Crippen LogP contribution in [0, 0.1) is 0 Å². The molecule has 2 heterocycles. The molecule has 0 aliphatic rings. The first kappa shape index (κ1) is 17.6. The Morgan fingerprint density at radius 2 is 2.00 bits per heavy atom. The van der Waals surface area contributed by atoms with Gasteiger partial charge in [0.05, 0.1) is 4.53 Å². The summed E-state index contributed by atoms with van der Waals surface area (Å²) in [6.45, 7) is 1.34. The Morgan fingerprint density at radius 3 is 2.70 bits per heavy atom. The molecule has 0 radical (unpaired) electrons. The standard InChI is InChI=1S/C19H12BrN3O3S/c1-11(24)26-15-4-2-3-12(9-15)10-16-18(25)23-19(27-16)21-17(22-23)13-5-7-14(20)8-6-13/h2-10H,1H3. The lowest BCUT2D eigenvalue weighted by atomic mass is 10.2. The van der Waals surface area contributed by atoms with Gasteiger partial charge in [0.25, 0.3) is 5.56 Å². The first-order valence-electron chi connectivity index (χ1n) is 7.95. The van der Waals surface area contributed by atoms with Gasteiger partial charge >= 0.3 is 5.97 Å². The Hall–Kier alpha value is -2.84. The summed E-state index contributed by atoms with van der Waals surface area (Å²) in [5.41, 5.74) is 1.36. The molecule has 0 N–H and O–H groups in total. The van der Waals surface area contributed by atoms with Gasteiger partial charge in [-0.3, -0.25) is 9.59 Å². The maximum absolute atomic E-state index is 12.6. The molecule has 4 rings (SSSR count). The number of rotatable bonds is 3. The zero-order valence-electron chi connectivity index (χ0n) is 14.0. The summed E-state index contributed by atoms with van der Waals surface area (Å²) in [7, 11) is 0. The molecule has 0 bridgehead atoms. The van der Waals surface area contributed by atoms with Gasteiger partial charge in [-0.25, -0.2) is 0 Å². The molecular weight excluding hydrogens is 430 g/mol. The van der Waals surface area contributed by atoms with Gasteiger partial charge in [-0.1, -0.05) is 51.5 Å². The highest BCUT2D eigenvalue weighted by Gasteiger charge is 2.12. The predicted molar refractivity (Wildman–Crippen MR) is 107 cm³/mol. The van der Waals surface area contributed by atoms with Crippen LogP contribution < -0.4 is 14.8 Å². The van der Waals surface area contributed by atoms with E-state index in [-0.39, 0.29) is 5.56 Å². The van der Waals surface area contributed by atoms with Crippen LogP contribution in [0.4, 0.5) is 0 Å². The molecule has 8 heteroatoms. The van der Waals surface area contributed by atoms with E-state index in [9.17, 15) is 9.59 Å². The molecule has 0 spiro atoms. The summed E-state index contributed by atoms with van der Waals surface area (Å²) in [5.74, 6) is 0.547. The van der Waals surface area contributed by atoms with Gasteiger partial charge in [0.1, 0.15) is 5.75 Å². The molecule has 27 heavy (non-hydrogen) atoms. The number of thiazole rings is 1. The minimum absolute atomic E-state index is 0.233. The average molecular weight is 442 g/mol. The number of esters is 1. The third-order valence-electron chi connectivity index (χ3n) is 3.70. The molecule has 0 aliphatic carbocycles. The van der Waals surface area contributed by atoms with Crippen LogP contribution in [0.25, 0.3) is 22.4 Å². The highest BCUT2D eigenvalue weighted by atomic mass is 79.9. The van der Waals surface area contributed by atoms with Crippen LogP contribution in [0.2, 0.25) is 0 Å². The lowest BCUT2D eigenvalue weighted by Gasteiger charge is -2.01. The van der Waals surface area contributed by atoms with Gasteiger partial charge in [0, 0.05) is 17.0 Å². The monoisotopic (exact) mass is 441 g/mol. The Balaban J connectivity index is 1.73. The summed E-state index contributed by atoms with van der Waals surface area (Å²) in [4.78, 5) is 28.7. The SMILES string of the molecule is CC(=O)Oc1cccc(C=c2sc3nc(-c4ccc(Br)cc4)nn3c2=O)c1. The third-order valence-corrected chi connectivity index (χ3v) is 5.19. The molecule has 0 aliphatic heterocycles. The van der Waals surface area contributed by atoms with Crippen molar-refractivity contribution in [1.82, 2.24) is 14.6 Å². The number of benzene rings is 2. The Morgan fingerprint density at radius 1 is 1.22 bits per heavy atom. The van der Waals surface area contributed by atoms with E-state index >= 15 is 0 Å². The van der Waals surface area contributed by atoms with E-state index in [1.807, 2.05) is 30.3 Å². The van der Waals surface area contributed by atoms with Crippen molar-refractivity contribution >= 4 is 44.3 Å². The van der Waals surface area contributed by atoms with Crippen molar-refractivity contribution in [3.63, 3.8) is 0 Å². The summed E-state index contributed by atoms with van der Waals surface area (Å²) in [6.07, 6.45) is 1.73. The first-order chi connectivity index (χ1) is 13.0. The second-order valence-corrected chi connectivity index (χ2v) is 7.64. The van der Waals surface area contributed by atoms with Crippen LogP contribution in [-0.4, -0.2) is 20.6 Å². The minimum atomic E-state index is -0.393. The van der Waals surface area contributed by atoms with Crippen molar-refractivity contribution in [1.29, 1.82) is 0 Å².